The molecule has 1 rings (SSSR count). The highest BCUT2D eigenvalue weighted by Gasteiger charge is 2.16. The maximum absolute atomic E-state index is 13.0. The van der Waals surface area contributed by atoms with Gasteiger partial charge in [-0.25, -0.2) is 4.98 Å². The Morgan fingerprint density at radius 2 is 2.27 bits per heavy atom. The van der Waals surface area contributed by atoms with Crippen molar-refractivity contribution >= 4 is 11.8 Å². The van der Waals surface area contributed by atoms with E-state index in [4.69, 9.17) is 5.73 Å². The number of rotatable bonds is 3. The number of hydrogen-bond acceptors (Lipinski definition) is 3. The fourth-order valence-corrected chi connectivity index (χ4v) is 0.901. The second kappa shape index (κ2) is 4.50. The molecule has 0 fully saturated rings. The number of aromatic nitrogens is 1. The number of nitrogens with two attached hydrogens (primary N) is 1. The summed E-state index contributed by atoms with van der Waals surface area (Å²) in [6.45, 7) is 1.41. The lowest BCUT2D eigenvalue weighted by molar-refractivity contribution is -0.119. The summed E-state index contributed by atoms with van der Waals surface area (Å²) in [7, 11) is 0. The molecule has 0 bridgehead atoms. The summed E-state index contributed by atoms with van der Waals surface area (Å²) in [5.74, 6) is -2.29. The van der Waals surface area contributed by atoms with E-state index in [2.05, 4.69) is 10.3 Å². The third-order valence-electron chi connectivity index (χ3n) is 1.78. The standard InChI is InChI=1S/C9H10FN3O2/c1-5(8(11)14)13-9(15)6-3-2-4-12-7(6)10/h2-5H,1H3,(H2,11,14)(H,13,15). The Bertz CT molecular complexity index is 395. The van der Waals surface area contributed by atoms with Crippen LogP contribution in [0.5, 0.6) is 0 Å². The van der Waals surface area contributed by atoms with E-state index in [0.29, 0.717) is 0 Å². The molecule has 0 spiro atoms. The Kier molecular flexibility index (Phi) is 3.33. The third kappa shape index (κ3) is 2.73. The van der Waals surface area contributed by atoms with Crippen LogP contribution in [0.25, 0.3) is 0 Å². The van der Waals surface area contributed by atoms with Crippen molar-refractivity contribution in [2.75, 3.05) is 0 Å². The van der Waals surface area contributed by atoms with E-state index in [1.807, 2.05) is 0 Å². The lowest BCUT2D eigenvalue weighted by atomic mass is 10.2. The average molecular weight is 211 g/mol. The average Bonchev–Trinajstić information content (AvgIpc) is 2.18. The fraction of sp³-hybridized carbons (Fsp3) is 0.222. The van der Waals surface area contributed by atoms with Gasteiger partial charge in [-0.1, -0.05) is 0 Å². The lowest BCUT2D eigenvalue weighted by Crippen LogP contribution is -2.42. The lowest BCUT2D eigenvalue weighted by Gasteiger charge is -2.09. The Labute approximate surface area is 85.5 Å². The first-order chi connectivity index (χ1) is 7.02. The van der Waals surface area contributed by atoms with Crippen LogP contribution in [-0.2, 0) is 4.79 Å². The summed E-state index contributed by atoms with van der Waals surface area (Å²) in [4.78, 5) is 25.3. The van der Waals surface area contributed by atoms with Crippen LogP contribution in [0.1, 0.15) is 17.3 Å². The van der Waals surface area contributed by atoms with Gasteiger partial charge in [-0.3, -0.25) is 9.59 Å². The number of amides is 2. The first-order valence-corrected chi connectivity index (χ1v) is 4.23. The van der Waals surface area contributed by atoms with Crippen molar-refractivity contribution in [3.63, 3.8) is 0 Å². The largest absolute Gasteiger partial charge is 0.368 e. The number of nitrogens with zero attached hydrogens (tertiary/aromatic N) is 1. The highest BCUT2D eigenvalue weighted by molar-refractivity contribution is 5.97. The maximum atomic E-state index is 13.0. The normalized spacial score (nSPS) is 11.9. The van der Waals surface area contributed by atoms with Gasteiger partial charge in [0.15, 0.2) is 0 Å². The van der Waals surface area contributed by atoms with Crippen molar-refractivity contribution in [3.05, 3.63) is 29.8 Å². The van der Waals surface area contributed by atoms with Gasteiger partial charge in [0.2, 0.25) is 11.9 Å². The van der Waals surface area contributed by atoms with Crippen LogP contribution in [-0.4, -0.2) is 22.8 Å². The van der Waals surface area contributed by atoms with Crippen LogP contribution < -0.4 is 11.1 Å². The Morgan fingerprint density at radius 3 is 2.80 bits per heavy atom. The van der Waals surface area contributed by atoms with Gasteiger partial charge >= 0.3 is 0 Å². The van der Waals surface area contributed by atoms with E-state index >= 15 is 0 Å². The van der Waals surface area contributed by atoms with E-state index in [1.54, 1.807) is 0 Å². The number of pyridine rings is 1. The van der Waals surface area contributed by atoms with Crippen molar-refractivity contribution < 1.29 is 14.0 Å². The minimum Gasteiger partial charge on any atom is -0.368 e. The monoisotopic (exact) mass is 211 g/mol. The molecule has 1 aromatic rings. The molecule has 80 valence electrons. The summed E-state index contributed by atoms with van der Waals surface area (Å²) in [6, 6.07) is 1.84. The topological polar surface area (TPSA) is 85.1 Å². The second-order valence-electron chi connectivity index (χ2n) is 2.94. The van der Waals surface area contributed by atoms with Crippen molar-refractivity contribution in [3.8, 4) is 0 Å². The molecule has 3 N–H and O–H groups in total. The molecule has 0 saturated heterocycles. The third-order valence-corrected chi connectivity index (χ3v) is 1.78. The molecule has 1 heterocycles. The Balaban J connectivity index is 2.78. The van der Waals surface area contributed by atoms with Crippen LogP contribution in [0.4, 0.5) is 4.39 Å². The number of primary amides is 1. The van der Waals surface area contributed by atoms with Gasteiger partial charge in [0.1, 0.15) is 6.04 Å². The van der Waals surface area contributed by atoms with Gasteiger partial charge in [-0.05, 0) is 19.1 Å². The highest BCUT2D eigenvalue weighted by Crippen LogP contribution is 2.02. The van der Waals surface area contributed by atoms with Gasteiger partial charge in [-0.2, -0.15) is 4.39 Å². The molecule has 15 heavy (non-hydrogen) atoms. The molecular weight excluding hydrogens is 201 g/mol. The molecule has 0 saturated carbocycles. The van der Waals surface area contributed by atoms with Crippen LogP contribution in [0.3, 0.4) is 0 Å². The Hall–Kier alpha value is -1.98. The van der Waals surface area contributed by atoms with Gasteiger partial charge in [0.05, 0.1) is 5.56 Å². The zero-order valence-corrected chi connectivity index (χ0v) is 8.03. The van der Waals surface area contributed by atoms with Crippen LogP contribution in [0.2, 0.25) is 0 Å². The van der Waals surface area contributed by atoms with Crippen LogP contribution in [0, 0.1) is 5.95 Å². The maximum Gasteiger partial charge on any atom is 0.256 e. The smallest absolute Gasteiger partial charge is 0.256 e. The highest BCUT2D eigenvalue weighted by atomic mass is 19.1. The van der Waals surface area contributed by atoms with Crippen molar-refractivity contribution in [2.45, 2.75) is 13.0 Å². The molecule has 1 atom stereocenters. The van der Waals surface area contributed by atoms with E-state index in [0.717, 1.165) is 0 Å². The van der Waals surface area contributed by atoms with E-state index in [9.17, 15) is 14.0 Å². The number of carbonyl (C=O) groups is 2. The molecule has 0 aliphatic heterocycles. The molecule has 1 unspecified atom stereocenters. The number of carbonyl (C=O) groups excluding carboxylic acids is 2. The van der Waals surface area contributed by atoms with Crippen LogP contribution >= 0.6 is 0 Å². The van der Waals surface area contributed by atoms with Crippen molar-refractivity contribution in [2.24, 2.45) is 5.73 Å². The quantitative estimate of drug-likeness (QED) is 0.680. The zero-order valence-electron chi connectivity index (χ0n) is 8.03. The molecule has 2 amide bonds. The summed E-state index contributed by atoms with van der Waals surface area (Å²) in [5.41, 5.74) is 4.72. The minimum atomic E-state index is -0.883. The summed E-state index contributed by atoms with van der Waals surface area (Å²) < 4.78 is 13.0. The molecular formula is C9H10FN3O2. The zero-order chi connectivity index (χ0) is 11.4. The summed E-state index contributed by atoms with van der Waals surface area (Å²) >= 11 is 0. The minimum absolute atomic E-state index is 0.217. The van der Waals surface area contributed by atoms with Gasteiger partial charge in [0.25, 0.3) is 5.91 Å². The number of hydrogen-bond donors (Lipinski definition) is 2. The van der Waals surface area contributed by atoms with Gasteiger partial charge in [-0.15, -0.1) is 0 Å². The SMILES string of the molecule is CC(NC(=O)c1cccnc1F)C(N)=O. The van der Waals surface area contributed by atoms with E-state index in [-0.39, 0.29) is 5.56 Å². The first-order valence-electron chi connectivity index (χ1n) is 4.23. The van der Waals surface area contributed by atoms with E-state index in [1.165, 1.54) is 25.3 Å². The molecule has 0 aliphatic carbocycles. The predicted molar refractivity (Wildman–Crippen MR) is 50.3 cm³/mol. The molecule has 0 aromatic carbocycles. The molecule has 0 radical (unpaired) electrons. The predicted octanol–water partition coefficient (Wildman–Crippen LogP) is -0.176. The summed E-state index contributed by atoms with van der Waals surface area (Å²) in [6.07, 6.45) is 1.23. The second-order valence-corrected chi connectivity index (χ2v) is 2.94. The van der Waals surface area contributed by atoms with E-state index < -0.39 is 23.8 Å². The van der Waals surface area contributed by atoms with Crippen molar-refractivity contribution in [1.29, 1.82) is 0 Å². The molecule has 6 heteroatoms. The number of nitrogens with one attached hydrogen (secondary N) is 1. The summed E-state index contributed by atoms with van der Waals surface area (Å²) in [5, 5.41) is 2.24. The molecule has 1 aromatic heterocycles. The van der Waals surface area contributed by atoms with Gasteiger partial charge < -0.3 is 11.1 Å². The molecule has 0 aliphatic rings. The Morgan fingerprint density at radius 1 is 1.60 bits per heavy atom. The molecule has 5 nitrogen and oxygen atoms in total. The van der Waals surface area contributed by atoms with Crippen LogP contribution in [0.15, 0.2) is 18.3 Å². The first kappa shape index (κ1) is 11.1. The fourth-order valence-electron chi connectivity index (χ4n) is 0.901. The van der Waals surface area contributed by atoms with Crippen molar-refractivity contribution in [1.82, 2.24) is 10.3 Å². The van der Waals surface area contributed by atoms with Gasteiger partial charge in [0, 0.05) is 6.20 Å². The number of halogens is 1.